The molecule has 0 unspecified atom stereocenters. The normalized spacial score (nSPS) is 16.0. The zero-order chi connectivity index (χ0) is 16.2. The summed E-state index contributed by atoms with van der Waals surface area (Å²) in [5.74, 6) is 1.55. The molecule has 1 N–H and O–H groups in total. The Morgan fingerprint density at radius 2 is 1.96 bits per heavy atom. The van der Waals surface area contributed by atoms with E-state index < -0.39 is 0 Å². The van der Waals surface area contributed by atoms with E-state index in [-0.39, 0.29) is 0 Å². The van der Waals surface area contributed by atoms with Crippen LogP contribution in [0, 0.1) is 13.8 Å². The van der Waals surface area contributed by atoms with Crippen LogP contribution in [-0.2, 0) is 0 Å². The zero-order valence-corrected chi connectivity index (χ0v) is 14.3. The van der Waals surface area contributed by atoms with Gasteiger partial charge < -0.3 is 4.74 Å². The number of aliphatic imine (C=N–C) groups is 1. The highest BCUT2D eigenvalue weighted by molar-refractivity contribution is 8.14. The largest absolute Gasteiger partial charge is 0.494 e. The molecule has 0 aliphatic carbocycles. The van der Waals surface area contributed by atoms with E-state index in [4.69, 9.17) is 4.74 Å². The summed E-state index contributed by atoms with van der Waals surface area (Å²) in [5.41, 5.74) is 8.62. The molecule has 0 aromatic heterocycles. The molecule has 3 rings (SSSR count). The molecule has 0 radical (unpaired) electrons. The fourth-order valence-corrected chi connectivity index (χ4v) is 3.05. The molecule has 1 aliphatic rings. The molecule has 1 heterocycles. The molecule has 0 saturated carbocycles. The molecule has 118 valence electrons. The molecule has 23 heavy (non-hydrogen) atoms. The number of aryl methyl sites for hydroxylation is 2. The van der Waals surface area contributed by atoms with Crippen LogP contribution in [0.1, 0.15) is 16.7 Å². The van der Waals surface area contributed by atoms with E-state index in [2.05, 4.69) is 47.6 Å². The summed E-state index contributed by atoms with van der Waals surface area (Å²) in [5, 5.41) is 5.26. The van der Waals surface area contributed by atoms with Gasteiger partial charge in [-0.05, 0) is 48.7 Å². The van der Waals surface area contributed by atoms with Crippen molar-refractivity contribution < 1.29 is 4.74 Å². The smallest absolute Gasteiger partial charge is 0.182 e. The summed E-state index contributed by atoms with van der Waals surface area (Å²) in [4.78, 5) is 4.59. The highest BCUT2D eigenvalue weighted by atomic mass is 32.2. The van der Waals surface area contributed by atoms with Crippen molar-refractivity contribution >= 4 is 28.3 Å². The lowest BCUT2D eigenvalue weighted by Crippen LogP contribution is -2.25. The van der Waals surface area contributed by atoms with Crippen LogP contribution in [0.15, 0.2) is 52.6 Å². The summed E-state index contributed by atoms with van der Waals surface area (Å²) in [6.45, 7) is 4.24. The number of benzene rings is 2. The molecule has 1 aliphatic heterocycles. The van der Waals surface area contributed by atoms with Crippen molar-refractivity contribution in [2.24, 2.45) is 10.1 Å². The lowest BCUT2D eigenvalue weighted by Gasteiger charge is -2.16. The van der Waals surface area contributed by atoms with Crippen molar-refractivity contribution in [2.75, 3.05) is 12.9 Å². The van der Waals surface area contributed by atoms with Crippen molar-refractivity contribution in [2.45, 2.75) is 13.8 Å². The van der Waals surface area contributed by atoms with E-state index in [1.807, 2.05) is 24.3 Å². The summed E-state index contributed by atoms with van der Waals surface area (Å²) < 4.78 is 5.32. The Kier molecular flexibility index (Phi) is 4.67. The molecule has 4 nitrogen and oxygen atoms in total. The van der Waals surface area contributed by atoms with E-state index in [0.717, 1.165) is 33.6 Å². The van der Waals surface area contributed by atoms with Gasteiger partial charge >= 0.3 is 0 Å². The molecule has 0 atom stereocenters. The Hall–Kier alpha value is -2.27. The Morgan fingerprint density at radius 3 is 2.65 bits per heavy atom. The SMILES string of the molecule is COc1ccccc1N=C1NN=C(c2ccc(C)c(C)c2)CS1. The van der Waals surface area contributed by atoms with E-state index >= 15 is 0 Å². The van der Waals surface area contributed by atoms with Crippen molar-refractivity contribution in [1.82, 2.24) is 5.43 Å². The van der Waals surface area contributed by atoms with Gasteiger partial charge in [0.2, 0.25) is 0 Å². The van der Waals surface area contributed by atoms with Crippen LogP contribution in [0.3, 0.4) is 0 Å². The number of amidine groups is 1. The minimum absolute atomic E-state index is 0.756. The van der Waals surface area contributed by atoms with Crippen LogP contribution in [0.25, 0.3) is 0 Å². The molecule has 0 saturated heterocycles. The second-order valence-corrected chi connectivity index (χ2v) is 6.31. The predicted molar refractivity (Wildman–Crippen MR) is 98.1 cm³/mol. The molecule has 2 aromatic carbocycles. The van der Waals surface area contributed by atoms with Crippen LogP contribution in [0.2, 0.25) is 0 Å². The van der Waals surface area contributed by atoms with Crippen molar-refractivity contribution in [3.05, 3.63) is 59.2 Å². The Balaban J connectivity index is 1.80. The van der Waals surface area contributed by atoms with Gasteiger partial charge in [-0.2, -0.15) is 5.10 Å². The number of nitrogens with zero attached hydrogens (tertiary/aromatic N) is 2. The van der Waals surface area contributed by atoms with Crippen LogP contribution in [0.5, 0.6) is 5.75 Å². The van der Waals surface area contributed by atoms with Gasteiger partial charge in [0, 0.05) is 5.75 Å². The van der Waals surface area contributed by atoms with Gasteiger partial charge in [0.05, 0.1) is 12.8 Å². The van der Waals surface area contributed by atoms with Crippen molar-refractivity contribution in [3.8, 4) is 5.75 Å². The lowest BCUT2D eigenvalue weighted by atomic mass is 10.0. The number of hydrogen-bond donors (Lipinski definition) is 1. The maximum Gasteiger partial charge on any atom is 0.182 e. The third-order valence-corrected chi connectivity index (χ3v) is 4.65. The molecule has 2 aromatic rings. The molecule has 0 bridgehead atoms. The van der Waals surface area contributed by atoms with Gasteiger partial charge in [-0.15, -0.1) is 0 Å². The molecule has 0 amide bonds. The summed E-state index contributed by atoms with van der Waals surface area (Å²) >= 11 is 1.64. The molecule has 0 spiro atoms. The van der Waals surface area contributed by atoms with Crippen LogP contribution in [-0.4, -0.2) is 23.7 Å². The van der Waals surface area contributed by atoms with Gasteiger partial charge in [-0.25, -0.2) is 4.99 Å². The minimum Gasteiger partial charge on any atom is -0.494 e. The number of thioether (sulfide) groups is 1. The maximum absolute atomic E-state index is 5.32. The van der Waals surface area contributed by atoms with Gasteiger partial charge in [-0.3, -0.25) is 5.43 Å². The number of rotatable bonds is 3. The number of hydrogen-bond acceptors (Lipinski definition) is 4. The van der Waals surface area contributed by atoms with E-state index in [9.17, 15) is 0 Å². The molecule has 5 heteroatoms. The number of hydrazone groups is 1. The number of methoxy groups -OCH3 is 1. The Bertz CT molecular complexity index is 784. The Labute approximate surface area is 140 Å². The highest BCUT2D eigenvalue weighted by Gasteiger charge is 2.14. The monoisotopic (exact) mass is 325 g/mol. The topological polar surface area (TPSA) is 46.0 Å². The van der Waals surface area contributed by atoms with Gasteiger partial charge in [-0.1, -0.05) is 36.0 Å². The molecule has 0 fully saturated rings. The quantitative estimate of drug-likeness (QED) is 0.926. The summed E-state index contributed by atoms with van der Waals surface area (Å²) in [6.07, 6.45) is 0. The first-order valence-electron chi connectivity index (χ1n) is 7.42. The highest BCUT2D eigenvalue weighted by Crippen LogP contribution is 2.28. The van der Waals surface area contributed by atoms with Crippen molar-refractivity contribution in [1.29, 1.82) is 0 Å². The van der Waals surface area contributed by atoms with Crippen molar-refractivity contribution in [3.63, 3.8) is 0 Å². The first-order valence-corrected chi connectivity index (χ1v) is 8.40. The van der Waals surface area contributed by atoms with Gasteiger partial charge in [0.1, 0.15) is 11.4 Å². The van der Waals surface area contributed by atoms with Crippen LogP contribution < -0.4 is 10.2 Å². The van der Waals surface area contributed by atoms with E-state index in [0.29, 0.717) is 0 Å². The summed E-state index contributed by atoms with van der Waals surface area (Å²) in [7, 11) is 1.65. The summed E-state index contributed by atoms with van der Waals surface area (Å²) in [6, 6.07) is 14.1. The second kappa shape index (κ2) is 6.87. The van der Waals surface area contributed by atoms with Gasteiger partial charge in [0.15, 0.2) is 5.17 Å². The lowest BCUT2D eigenvalue weighted by molar-refractivity contribution is 0.416. The van der Waals surface area contributed by atoms with Gasteiger partial charge in [0.25, 0.3) is 0 Å². The minimum atomic E-state index is 0.756. The third-order valence-electron chi connectivity index (χ3n) is 3.78. The van der Waals surface area contributed by atoms with E-state index in [1.54, 1.807) is 18.9 Å². The number of ether oxygens (including phenoxy) is 1. The first-order chi connectivity index (χ1) is 11.2. The Morgan fingerprint density at radius 1 is 1.13 bits per heavy atom. The number of nitrogens with one attached hydrogen (secondary N) is 1. The second-order valence-electron chi connectivity index (χ2n) is 5.35. The van der Waals surface area contributed by atoms with E-state index in [1.165, 1.54) is 11.1 Å². The zero-order valence-electron chi connectivity index (χ0n) is 13.5. The average molecular weight is 325 g/mol. The standard InChI is InChI=1S/C18H19N3OS/c1-12-8-9-14(10-13(12)2)16-11-23-18(21-20-16)19-15-6-4-5-7-17(15)22-3/h4-10H,11H2,1-3H3,(H,19,21). The average Bonchev–Trinajstić information content (AvgIpc) is 2.58. The molecular formula is C18H19N3OS. The predicted octanol–water partition coefficient (Wildman–Crippen LogP) is 4.04. The first kappa shape index (κ1) is 15.6. The number of para-hydroxylation sites is 2. The molecular weight excluding hydrogens is 306 g/mol. The third kappa shape index (κ3) is 3.56. The van der Waals surface area contributed by atoms with Crippen LogP contribution in [0.4, 0.5) is 5.69 Å². The maximum atomic E-state index is 5.32. The fraction of sp³-hybridized carbons (Fsp3) is 0.222. The fourth-order valence-electron chi connectivity index (χ4n) is 2.27. The van der Waals surface area contributed by atoms with Crippen LogP contribution >= 0.6 is 11.8 Å².